The van der Waals surface area contributed by atoms with Gasteiger partial charge in [-0.25, -0.2) is 4.98 Å². The second-order valence-electron chi connectivity index (χ2n) is 6.30. The van der Waals surface area contributed by atoms with E-state index >= 15 is 0 Å². The lowest BCUT2D eigenvalue weighted by molar-refractivity contribution is 0.683. The zero-order chi connectivity index (χ0) is 18.3. The number of H-pyrrole nitrogens is 1. The van der Waals surface area contributed by atoms with E-state index in [0.29, 0.717) is 19.5 Å². The first-order chi connectivity index (χ1) is 12.6. The highest BCUT2D eigenvalue weighted by atomic mass is 16.2. The zero-order valence-electron chi connectivity index (χ0n) is 14.8. The standard InChI is InChI=1S/C20H20N4O2/c1-3-23-16-11-14-15(12-17(16)24(4-2)20(26)19(23)25)22-18(21-14)10-13-8-6-5-7-9-13/h5-9,11-12H,3-4,10H2,1-2H3,(H,21,22). The highest BCUT2D eigenvalue weighted by Crippen LogP contribution is 2.21. The van der Waals surface area contributed by atoms with Gasteiger partial charge in [0.2, 0.25) is 0 Å². The molecule has 4 rings (SSSR count). The summed E-state index contributed by atoms with van der Waals surface area (Å²) in [5.41, 5.74) is 3.36. The van der Waals surface area contributed by atoms with Crippen LogP contribution >= 0.6 is 0 Å². The molecule has 0 aliphatic rings. The lowest BCUT2D eigenvalue weighted by atomic mass is 10.1. The summed E-state index contributed by atoms with van der Waals surface area (Å²) in [6, 6.07) is 13.9. The summed E-state index contributed by atoms with van der Waals surface area (Å²) in [7, 11) is 0. The molecule has 0 atom stereocenters. The molecule has 0 spiro atoms. The van der Waals surface area contributed by atoms with Crippen molar-refractivity contribution >= 4 is 22.1 Å². The molecule has 0 fully saturated rings. The van der Waals surface area contributed by atoms with Crippen LogP contribution in [0.5, 0.6) is 0 Å². The van der Waals surface area contributed by atoms with Crippen LogP contribution in [0.1, 0.15) is 25.2 Å². The molecule has 4 aromatic rings. The van der Waals surface area contributed by atoms with E-state index in [1.54, 1.807) is 0 Å². The van der Waals surface area contributed by atoms with E-state index in [1.165, 1.54) is 14.7 Å². The van der Waals surface area contributed by atoms with E-state index in [2.05, 4.69) is 22.1 Å². The number of hydrogen-bond donors (Lipinski definition) is 1. The van der Waals surface area contributed by atoms with Crippen molar-refractivity contribution < 1.29 is 0 Å². The van der Waals surface area contributed by atoms with Crippen LogP contribution in [0.3, 0.4) is 0 Å². The van der Waals surface area contributed by atoms with Crippen LogP contribution in [0.25, 0.3) is 22.1 Å². The smallest absolute Gasteiger partial charge is 0.316 e. The van der Waals surface area contributed by atoms with Crippen molar-refractivity contribution in [3.8, 4) is 0 Å². The summed E-state index contributed by atoms with van der Waals surface area (Å²) in [6.45, 7) is 4.63. The molecule has 132 valence electrons. The number of aromatic nitrogens is 4. The molecule has 2 aromatic carbocycles. The molecule has 0 unspecified atom stereocenters. The Kier molecular flexibility index (Phi) is 3.95. The van der Waals surface area contributed by atoms with Gasteiger partial charge >= 0.3 is 11.1 Å². The van der Waals surface area contributed by atoms with Crippen molar-refractivity contribution in [2.24, 2.45) is 0 Å². The van der Waals surface area contributed by atoms with Crippen LogP contribution in [0.2, 0.25) is 0 Å². The van der Waals surface area contributed by atoms with Crippen molar-refractivity contribution in [3.63, 3.8) is 0 Å². The fourth-order valence-electron chi connectivity index (χ4n) is 3.47. The number of hydrogen-bond acceptors (Lipinski definition) is 3. The normalized spacial score (nSPS) is 11.5. The maximum atomic E-state index is 12.4. The largest absolute Gasteiger partial charge is 0.342 e. The molecule has 26 heavy (non-hydrogen) atoms. The van der Waals surface area contributed by atoms with Crippen molar-refractivity contribution in [1.29, 1.82) is 0 Å². The fraction of sp³-hybridized carbons (Fsp3) is 0.250. The van der Waals surface area contributed by atoms with Crippen LogP contribution < -0.4 is 11.1 Å². The van der Waals surface area contributed by atoms with Gasteiger partial charge in [-0.3, -0.25) is 9.59 Å². The minimum atomic E-state index is -0.485. The monoisotopic (exact) mass is 348 g/mol. The Labute approximate surface area is 149 Å². The minimum absolute atomic E-state index is 0.446. The van der Waals surface area contributed by atoms with Gasteiger partial charge in [-0.05, 0) is 31.5 Å². The maximum Gasteiger partial charge on any atom is 0.316 e. The number of aryl methyl sites for hydroxylation is 2. The molecule has 0 aliphatic carbocycles. The van der Waals surface area contributed by atoms with Crippen molar-refractivity contribution in [1.82, 2.24) is 19.1 Å². The Morgan fingerprint density at radius 2 is 1.54 bits per heavy atom. The Balaban J connectivity index is 1.95. The molecule has 2 heterocycles. The second kappa shape index (κ2) is 6.29. The molecule has 0 amide bonds. The van der Waals surface area contributed by atoms with E-state index in [9.17, 15) is 9.59 Å². The molecule has 0 radical (unpaired) electrons. The number of aromatic amines is 1. The molecule has 0 saturated heterocycles. The molecule has 1 N–H and O–H groups in total. The van der Waals surface area contributed by atoms with Gasteiger partial charge in [0.15, 0.2) is 0 Å². The Hall–Kier alpha value is -3.15. The third-order valence-electron chi connectivity index (χ3n) is 4.73. The molecule has 0 saturated carbocycles. The topological polar surface area (TPSA) is 72.7 Å². The highest BCUT2D eigenvalue weighted by molar-refractivity contribution is 5.91. The maximum absolute atomic E-state index is 12.4. The van der Waals surface area contributed by atoms with Gasteiger partial charge in [-0.2, -0.15) is 0 Å². The van der Waals surface area contributed by atoms with Gasteiger partial charge in [-0.1, -0.05) is 30.3 Å². The minimum Gasteiger partial charge on any atom is -0.342 e. The molecule has 2 aromatic heterocycles. The number of fused-ring (bicyclic) bond motifs is 2. The van der Waals surface area contributed by atoms with Gasteiger partial charge < -0.3 is 14.1 Å². The SMILES string of the molecule is CCn1c(=O)c(=O)n(CC)c2cc3[nH]c(Cc4ccccc4)nc3cc21. The first-order valence-corrected chi connectivity index (χ1v) is 8.82. The predicted octanol–water partition coefficient (Wildman–Crippen LogP) is 2.67. The van der Waals surface area contributed by atoms with E-state index in [1.807, 2.05) is 44.2 Å². The van der Waals surface area contributed by atoms with Gasteiger partial charge in [0.05, 0.1) is 22.1 Å². The van der Waals surface area contributed by atoms with Crippen LogP contribution in [0, 0.1) is 0 Å². The summed E-state index contributed by atoms with van der Waals surface area (Å²) in [5.74, 6) is 0.859. The van der Waals surface area contributed by atoms with Gasteiger partial charge in [0.1, 0.15) is 5.82 Å². The van der Waals surface area contributed by atoms with Crippen LogP contribution in [0.15, 0.2) is 52.1 Å². The first-order valence-electron chi connectivity index (χ1n) is 8.82. The van der Waals surface area contributed by atoms with Crippen LogP contribution in [0.4, 0.5) is 0 Å². The summed E-state index contributed by atoms with van der Waals surface area (Å²) in [6.07, 6.45) is 0.701. The average Bonchev–Trinajstić information content (AvgIpc) is 3.04. The Morgan fingerprint density at radius 3 is 2.15 bits per heavy atom. The summed E-state index contributed by atoms with van der Waals surface area (Å²) >= 11 is 0. The quantitative estimate of drug-likeness (QED) is 0.576. The number of nitrogens with zero attached hydrogens (tertiary/aromatic N) is 3. The third kappa shape index (κ3) is 2.54. The summed E-state index contributed by atoms with van der Waals surface area (Å²) in [5, 5.41) is 0. The lowest BCUT2D eigenvalue weighted by Gasteiger charge is -2.12. The predicted molar refractivity (Wildman–Crippen MR) is 103 cm³/mol. The summed E-state index contributed by atoms with van der Waals surface area (Å²) in [4.78, 5) is 32.8. The Bertz CT molecular complexity index is 1140. The van der Waals surface area contributed by atoms with E-state index in [-0.39, 0.29) is 0 Å². The molecule has 0 bridgehead atoms. The number of benzene rings is 2. The van der Waals surface area contributed by atoms with Crippen molar-refractivity contribution in [3.05, 3.63) is 74.6 Å². The molecule has 0 aliphatic heterocycles. The number of imidazole rings is 1. The molecular weight excluding hydrogens is 328 g/mol. The average molecular weight is 348 g/mol. The molecule has 6 heteroatoms. The number of rotatable bonds is 4. The van der Waals surface area contributed by atoms with Gasteiger partial charge in [0, 0.05) is 19.5 Å². The third-order valence-corrected chi connectivity index (χ3v) is 4.73. The highest BCUT2D eigenvalue weighted by Gasteiger charge is 2.14. The van der Waals surface area contributed by atoms with Crippen molar-refractivity contribution in [2.75, 3.05) is 0 Å². The fourth-order valence-corrected chi connectivity index (χ4v) is 3.47. The van der Waals surface area contributed by atoms with Crippen molar-refractivity contribution in [2.45, 2.75) is 33.4 Å². The van der Waals surface area contributed by atoms with Crippen LogP contribution in [-0.2, 0) is 19.5 Å². The number of nitrogens with one attached hydrogen (secondary N) is 1. The second-order valence-corrected chi connectivity index (χ2v) is 6.30. The van der Waals surface area contributed by atoms with Gasteiger partial charge in [0.25, 0.3) is 0 Å². The summed E-state index contributed by atoms with van der Waals surface area (Å²) < 4.78 is 3.05. The molecule has 6 nitrogen and oxygen atoms in total. The van der Waals surface area contributed by atoms with Crippen LogP contribution in [-0.4, -0.2) is 19.1 Å². The Morgan fingerprint density at radius 1 is 0.923 bits per heavy atom. The zero-order valence-corrected chi connectivity index (χ0v) is 14.8. The first kappa shape index (κ1) is 16.3. The van der Waals surface area contributed by atoms with E-state index in [0.717, 1.165) is 27.9 Å². The molecular formula is C20H20N4O2. The lowest BCUT2D eigenvalue weighted by Crippen LogP contribution is -2.41. The van der Waals surface area contributed by atoms with Gasteiger partial charge in [-0.15, -0.1) is 0 Å². The van der Waals surface area contributed by atoms with E-state index < -0.39 is 11.1 Å². The van der Waals surface area contributed by atoms with E-state index in [4.69, 9.17) is 0 Å².